The lowest BCUT2D eigenvalue weighted by Gasteiger charge is -2.02. The van der Waals surface area contributed by atoms with E-state index in [-0.39, 0.29) is 0 Å². The number of hydrogen-bond donors (Lipinski definition) is 1. The van der Waals surface area contributed by atoms with Crippen molar-refractivity contribution < 1.29 is 0 Å². The fourth-order valence-electron chi connectivity index (χ4n) is 1.39. The Morgan fingerprint density at radius 1 is 1.00 bits per heavy atom. The Morgan fingerprint density at radius 2 is 1.69 bits per heavy atom. The van der Waals surface area contributed by atoms with Gasteiger partial charge in [-0.3, -0.25) is 0 Å². The molecule has 0 unspecified atom stereocenters. The minimum atomic E-state index is 0.689. The second-order valence-corrected chi connectivity index (χ2v) is 3.82. The minimum absolute atomic E-state index is 0.689. The third-order valence-corrected chi connectivity index (χ3v) is 2.48. The van der Waals surface area contributed by atoms with Crippen LogP contribution >= 0.6 is 0 Å². The van der Waals surface area contributed by atoms with Gasteiger partial charge >= 0.3 is 0 Å². The number of rotatable bonds is 2. The van der Waals surface area contributed by atoms with Crippen molar-refractivity contribution in [1.82, 2.24) is 15.2 Å². The highest BCUT2D eigenvalue weighted by atomic mass is 15.2. The summed E-state index contributed by atoms with van der Waals surface area (Å²) in [6.45, 7) is 3.85. The molecule has 0 amide bonds. The topological polar surface area (TPSA) is 64.7 Å². The lowest BCUT2D eigenvalue weighted by Crippen LogP contribution is -2.03. The van der Waals surface area contributed by atoms with Gasteiger partial charge in [-0.05, 0) is 31.5 Å². The van der Waals surface area contributed by atoms with E-state index in [4.69, 9.17) is 5.73 Å². The molecule has 16 heavy (non-hydrogen) atoms. The van der Waals surface area contributed by atoms with E-state index in [1.165, 1.54) is 0 Å². The van der Waals surface area contributed by atoms with E-state index in [9.17, 15) is 0 Å². The van der Waals surface area contributed by atoms with E-state index in [1.807, 2.05) is 38.1 Å². The van der Waals surface area contributed by atoms with Gasteiger partial charge in [0.15, 0.2) is 5.82 Å². The molecule has 0 radical (unpaired) electrons. The van der Waals surface area contributed by atoms with E-state index in [1.54, 1.807) is 0 Å². The number of aromatic nitrogens is 3. The molecular formula is C12H14N4. The maximum atomic E-state index is 5.62. The Bertz CT molecular complexity index is 491. The van der Waals surface area contributed by atoms with Crippen molar-refractivity contribution in [3.8, 4) is 0 Å². The zero-order chi connectivity index (χ0) is 11.5. The predicted octanol–water partition coefficient (Wildman–Crippen LogP) is 1.66. The molecule has 1 heterocycles. The van der Waals surface area contributed by atoms with Crippen LogP contribution in [-0.2, 0) is 6.42 Å². The van der Waals surface area contributed by atoms with Crippen molar-refractivity contribution in [3.63, 3.8) is 0 Å². The second kappa shape index (κ2) is 4.26. The van der Waals surface area contributed by atoms with Crippen LogP contribution in [-0.4, -0.2) is 15.2 Å². The molecule has 0 aliphatic carbocycles. The maximum Gasteiger partial charge on any atom is 0.155 e. The fourth-order valence-corrected chi connectivity index (χ4v) is 1.39. The van der Waals surface area contributed by atoms with Crippen LogP contribution in [0.15, 0.2) is 24.3 Å². The van der Waals surface area contributed by atoms with Gasteiger partial charge in [0.05, 0.1) is 11.4 Å². The van der Waals surface area contributed by atoms with Crippen molar-refractivity contribution in [3.05, 3.63) is 47.0 Å². The van der Waals surface area contributed by atoms with Gasteiger partial charge in [0, 0.05) is 12.1 Å². The fraction of sp³-hybridized carbons (Fsp3) is 0.250. The van der Waals surface area contributed by atoms with Crippen LogP contribution in [0, 0.1) is 13.8 Å². The molecule has 1 aromatic heterocycles. The Balaban J connectivity index is 2.20. The van der Waals surface area contributed by atoms with Gasteiger partial charge < -0.3 is 5.73 Å². The van der Waals surface area contributed by atoms with Gasteiger partial charge in [-0.2, -0.15) is 5.10 Å². The Morgan fingerprint density at radius 3 is 2.31 bits per heavy atom. The minimum Gasteiger partial charge on any atom is -0.399 e. The zero-order valence-corrected chi connectivity index (χ0v) is 9.44. The highest BCUT2D eigenvalue weighted by molar-refractivity contribution is 5.39. The molecule has 0 atom stereocenters. The summed E-state index contributed by atoms with van der Waals surface area (Å²) in [5, 5.41) is 8.12. The average molecular weight is 214 g/mol. The van der Waals surface area contributed by atoms with Gasteiger partial charge in [0.1, 0.15) is 0 Å². The van der Waals surface area contributed by atoms with Gasteiger partial charge in [0.2, 0.25) is 0 Å². The molecule has 82 valence electrons. The van der Waals surface area contributed by atoms with E-state index >= 15 is 0 Å². The summed E-state index contributed by atoms with van der Waals surface area (Å²) in [4.78, 5) is 4.39. The van der Waals surface area contributed by atoms with Crippen LogP contribution in [0.2, 0.25) is 0 Å². The molecule has 0 saturated heterocycles. The summed E-state index contributed by atoms with van der Waals surface area (Å²) in [5.74, 6) is 0.743. The Kier molecular flexibility index (Phi) is 2.81. The summed E-state index contributed by atoms with van der Waals surface area (Å²) >= 11 is 0. The average Bonchev–Trinajstić information content (AvgIpc) is 2.27. The first-order valence-electron chi connectivity index (χ1n) is 5.16. The van der Waals surface area contributed by atoms with Gasteiger partial charge in [-0.25, -0.2) is 4.98 Å². The molecule has 4 heteroatoms. The molecule has 0 aliphatic heterocycles. The van der Waals surface area contributed by atoms with Gasteiger partial charge in [0.25, 0.3) is 0 Å². The lowest BCUT2D eigenvalue weighted by atomic mass is 10.1. The molecule has 2 N–H and O–H groups in total. The first kappa shape index (κ1) is 10.5. The molecule has 0 bridgehead atoms. The van der Waals surface area contributed by atoms with Gasteiger partial charge in [-0.15, -0.1) is 5.10 Å². The van der Waals surface area contributed by atoms with Gasteiger partial charge in [-0.1, -0.05) is 12.1 Å². The molecule has 0 spiro atoms. The van der Waals surface area contributed by atoms with Crippen molar-refractivity contribution >= 4 is 5.69 Å². The van der Waals surface area contributed by atoms with Crippen molar-refractivity contribution in [1.29, 1.82) is 0 Å². The second-order valence-electron chi connectivity index (χ2n) is 3.82. The van der Waals surface area contributed by atoms with Crippen LogP contribution < -0.4 is 5.73 Å². The van der Waals surface area contributed by atoms with Crippen LogP contribution in [0.25, 0.3) is 0 Å². The predicted molar refractivity (Wildman–Crippen MR) is 63.0 cm³/mol. The quantitative estimate of drug-likeness (QED) is 0.772. The zero-order valence-electron chi connectivity index (χ0n) is 9.44. The first-order valence-corrected chi connectivity index (χ1v) is 5.16. The summed E-state index contributed by atoms with van der Waals surface area (Å²) in [5.41, 5.74) is 9.33. The summed E-state index contributed by atoms with van der Waals surface area (Å²) in [6, 6.07) is 7.72. The molecule has 2 rings (SSSR count). The summed E-state index contributed by atoms with van der Waals surface area (Å²) in [6.07, 6.45) is 0.689. The third kappa shape index (κ3) is 2.34. The number of aryl methyl sites for hydroxylation is 2. The lowest BCUT2D eigenvalue weighted by molar-refractivity contribution is 0.817. The largest absolute Gasteiger partial charge is 0.399 e. The normalized spacial score (nSPS) is 10.4. The molecule has 4 nitrogen and oxygen atoms in total. The van der Waals surface area contributed by atoms with Crippen molar-refractivity contribution in [2.24, 2.45) is 0 Å². The van der Waals surface area contributed by atoms with Crippen molar-refractivity contribution in [2.75, 3.05) is 5.73 Å². The van der Waals surface area contributed by atoms with E-state index in [0.29, 0.717) is 6.42 Å². The van der Waals surface area contributed by atoms with E-state index in [0.717, 1.165) is 28.5 Å². The standard InChI is InChI=1S/C12H14N4/c1-8-9(2)15-16-12(14-8)7-10-3-5-11(13)6-4-10/h3-6H,7,13H2,1-2H3. The molecule has 0 aliphatic rings. The monoisotopic (exact) mass is 214 g/mol. The summed E-state index contributed by atoms with van der Waals surface area (Å²) in [7, 11) is 0. The Labute approximate surface area is 94.6 Å². The van der Waals surface area contributed by atoms with Crippen LogP contribution in [0.1, 0.15) is 22.8 Å². The number of anilines is 1. The number of benzene rings is 1. The highest BCUT2D eigenvalue weighted by Gasteiger charge is 2.02. The number of hydrogen-bond acceptors (Lipinski definition) is 4. The first-order chi connectivity index (χ1) is 7.65. The molecular weight excluding hydrogens is 200 g/mol. The third-order valence-electron chi connectivity index (χ3n) is 2.48. The SMILES string of the molecule is Cc1nnc(Cc2ccc(N)cc2)nc1C. The summed E-state index contributed by atoms with van der Waals surface area (Å²) < 4.78 is 0. The Hall–Kier alpha value is -1.97. The van der Waals surface area contributed by atoms with E-state index in [2.05, 4.69) is 15.2 Å². The molecule has 0 saturated carbocycles. The maximum absolute atomic E-state index is 5.62. The van der Waals surface area contributed by atoms with E-state index < -0.39 is 0 Å². The number of nitrogens with two attached hydrogens (primary N) is 1. The van der Waals surface area contributed by atoms with Crippen LogP contribution in [0.5, 0.6) is 0 Å². The highest BCUT2D eigenvalue weighted by Crippen LogP contribution is 2.09. The van der Waals surface area contributed by atoms with Crippen LogP contribution in [0.4, 0.5) is 5.69 Å². The van der Waals surface area contributed by atoms with Crippen molar-refractivity contribution in [2.45, 2.75) is 20.3 Å². The molecule has 0 fully saturated rings. The van der Waals surface area contributed by atoms with Crippen LogP contribution in [0.3, 0.4) is 0 Å². The number of nitrogens with zero attached hydrogens (tertiary/aromatic N) is 3. The smallest absolute Gasteiger partial charge is 0.155 e. The molecule has 2 aromatic rings. The number of nitrogen functional groups attached to an aromatic ring is 1. The molecule has 1 aromatic carbocycles.